The van der Waals surface area contributed by atoms with Crippen molar-refractivity contribution in [2.75, 3.05) is 24.3 Å². The predicted octanol–water partition coefficient (Wildman–Crippen LogP) is 4.75. The van der Waals surface area contributed by atoms with Gasteiger partial charge in [0.25, 0.3) is 0 Å². The second kappa shape index (κ2) is 9.03. The van der Waals surface area contributed by atoms with Crippen molar-refractivity contribution in [1.82, 2.24) is 9.97 Å². The highest BCUT2D eigenvalue weighted by Crippen LogP contribution is 2.18. The van der Waals surface area contributed by atoms with Gasteiger partial charge in [-0.25, -0.2) is 9.97 Å². The molecule has 0 radical (unpaired) electrons. The van der Waals surface area contributed by atoms with Gasteiger partial charge in [-0.15, -0.1) is 0 Å². The fraction of sp³-hybridized carbons (Fsp3) is 0.273. The van der Waals surface area contributed by atoms with Gasteiger partial charge in [0.05, 0.1) is 7.11 Å². The summed E-state index contributed by atoms with van der Waals surface area (Å²) in [5.74, 6) is 3.22. The molecule has 1 aromatic heterocycles. The summed E-state index contributed by atoms with van der Waals surface area (Å²) in [6.07, 6.45) is 1.95. The summed E-state index contributed by atoms with van der Waals surface area (Å²) in [6.45, 7) is 4.85. The van der Waals surface area contributed by atoms with Crippen molar-refractivity contribution in [3.05, 3.63) is 71.5 Å². The number of benzene rings is 2. The van der Waals surface area contributed by atoms with Crippen molar-refractivity contribution in [1.29, 1.82) is 0 Å². The van der Waals surface area contributed by atoms with Gasteiger partial charge < -0.3 is 15.4 Å². The van der Waals surface area contributed by atoms with Crippen molar-refractivity contribution in [3.63, 3.8) is 0 Å². The molecule has 0 aliphatic heterocycles. The molecule has 0 saturated carbocycles. The van der Waals surface area contributed by atoms with E-state index in [4.69, 9.17) is 4.74 Å². The van der Waals surface area contributed by atoms with E-state index < -0.39 is 0 Å². The zero-order valence-corrected chi connectivity index (χ0v) is 16.1. The molecule has 0 spiro atoms. The molecule has 0 atom stereocenters. The summed E-state index contributed by atoms with van der Waals surface area (Å²) in [5.41, 5.74) is 3.60. The molecule has 0 bridgehead atoms. The number of aryl methyl sites for hydroxylation is 2. The maximum atomic E-state index is 5.19. The molecule has 2 N–H and O–H groups in total. The largest absolute Gasteiger partial charge is 0.497 e. The van der Waals surface area contributed by atoms with Crippen LogP contribution in [0.5, 0.6) is 5.75 Å². The topological polar surface area (TPSA) is 59.1 Å². The average molecular weight is 362 g/mol. The summed E-state index contributed by atoms with van der Waals surface area (Å²) >= 11 is 0. The van der Waals surface area contributed by atoms with Gasteiger partial charge in [-0.1, -0.05) is 31.2 Å². The minimum absolute atomic E-state index is 0.733. The van der Waals surface area contributed by atoms with Crippen LogP contribution in [0.3, 0.4) is 0 Å². The Balaban J connectivity index is 1.60. The summed E-state index contributed by atoms with van der Waals surface area (Å²) < 4.78 is 5.19. The zero-order chi connectivity index (χ0) is 19.1. The molecule has 0 unspecified atom stereocenters. The molecule has 27 heavy (non-hydrogen) atoms. The first-order valence-corrected chi connectivity index (χ1v) is 9.24. The number of methoxy groups -OCH3 is 1. The fourth-order valence-electron chi connectivity index (χ4n) is 2.82. The molecule has 3 rings (SSSR count). The predicted molar refractivity (Wildman–Crippen MR) is 111 cm³/mol. The number of nitrogens with one attached hydrogen (secondary N) is 2. The second-order valence-corrected chi connectivity index (χ2v) is 6.39. The van der Waals surface area contributed by atoms with Crippen LogP contribution >= 0.6 is 0 Å². The minimum atomic E-state index is 0.733. The molecule has 0 amide bonds. The molecule has 5 heteroatoms. The van der Waals surface area contributed by atoms with Gasteiger partial charge in [0.15, 0.2) is 0 Å². The second-order valence-electron chi connectivity index (χ2n) is 6.39. The van der Waals surface area contributed by atoms with E-state index in [1.807, 2.05) is 25.1 Å². The van der Waals surface area contributed by atoms with Crippen LogP contribution in [0.4, 0.5) is 17.3 Å². The number of nitrogens with zero attached hydrogens (tertiary/aromatic N) is 2. The molecule has 0 fully saturated rings. The zero-order valence-electron chi connectivity index (χ0n) is 16.1. The van der Waals surface area contributed by atoms with Gasteiger partial charge in [-0.05, 0) is 55.2 Å². The molecule has 1 heterocycles. The average Bonchev–Trinajstić information content (AvgIpc) is 2.69. The van der Waals surface area contributed by atoms with E-state index in [-0.39, 0.29) is 0 Å². The molecule has 3 aromatic rings. The Morgan fingerprint density at radius 3 is 2.22 bits per heavy atom. The van der Waals surface area contributed by atoms with E-state index >= 15 is 0 Å². The summed E-state index contributed by atoms with van der Waals surface area (Å²) in [6, 6.07) is 18.5. The lowest BCUT2D eigenvalue weighted by molar-refractivity contribution is 0.414. The maximum Gasteiger partial charge on any atom is 0.136 e. The molecule has 0 aliphatic rings. The molecular weight excluding hydrogens is 336 g/mol. The van der Waals surface area contributed by atoms with Gasteiger partial charge in [0.1, 0.15) is 23.2 Å². The molecule has 140 valence electrons. The van der Waals surface area contributed by atoms with E-state index in [2.05, 4.69) is 63.9 Å². The highest BCUT2D eigenvalue weighted by Gasteiger charge is 2.03. The standard InChI is InChI=1S/C22H26N4O/c1-4-17-5-9-19(10-6-17)26-22-15-21(24-16(2)25-22)23-14-13-18-7-11-20(27-3)12-8-18/h5-12,15H,4,13-14H2,1-3H3,(H2,23,24,25,26). The Bertz CT molecular complexity index is 860. The lowest BCUT2D eigenvalue weighted by Gasteiger charge is -2.11. The molecular formula is C22H26N4O. The first kappa shape index (κ1) is 18.7. The Morgan fingerprint density at radius 2 is 1.56 bits per heavy atom. The Labute approximate surface area is 160 Å². The molecule has 2 aromatic carbocycles. The normalized spacial score (nSPS) is 10.5. The van der Waals surface area contributed by atoms with E-state index in [1.165, 1.54) is 11.1 Å². The maximum absolute atomic E-state index is 5.19. The highest BCUT2D eigenvalue weighted by molar-refractivity contribution is 5.59. The number of aromatic nitrogens is 2. The van der Waals surface area contributed by atoms with Crippen LogP contribution in [0.25, 0.3) is 0 Å². The smallest absolute Gasteiger partial charge is 0.136 e. The van der Waals surface area contributed by atoms with E-state index in [9.17, 15) is 0 Å². The third-order valence-corrected chi connectivity index (χ3v) is 4.35. The quantitative estimate of drug-likeness (QED) is 0.605. The highest BCUT2D eigenvalue weighted by atomic mass is 16.5. The summed E-state index contributed by atoms with van der Waals surface area (Å²) in [7, 11) is 1.68. The Kier molecular flexibility index (Phi) is 6.26. The van der Waals surface area contributed by atoms with Gasteiger partial charge in [0, 0.05) is 18.3 Å². The van der Waals surface area contributed by atoms with Crippen molar-refractivity contribution < 1.29 is 4.74 Å². The third-order valence-electron chi connectivity index (χ3n) is 4.35. The van der Waals surface area contributed by atoms with Crippen LogP contribution in [0.1, 0.15) is 23.9 Å². The summed E-state index contributed by atoms with van der Waals surface area (Å²) in [5, 5.41) is 6.74. The van der Waals surface area contributed by atoms with Gasteiger partial charge in [0.2, 0.25) is 0 Å². The van der Waals surface area contributed by atoms with E-state index in [1.54, 1.807) is 7.11 Å². The van der Waals surface area contributed by atoms with Crippen LogP contribution in [0, 0.1) is 6.92 Å². The third kappa shape index (κ3) is 5.45. The van der Waals surface area contributed by atoms with Crippen LogP contribution in [0.2, 0.25) is 0 Å². The lowest BCUT2D eigenvalue weighted by Crippen LogP contribution is -2.08. The molecule has 0 saturated heterocycles. The van der Waals surface area contributed by atoms with Crippen molar-refractivity contribution in [2.45, 2.75) is 26.7 Å². The number of hydrogen-bond donors (Lipinski definition) is 2. The SMILES string of the molecule is CCc1ccc(Nc2cc(NCCc3ccc(OC)cc3)nc(C)n2)cc1. The van der Waals surface area contributed by atoms with Crippen LogP contribution < -0.4 is 15.4 Å². The van der Waals surface area contributed by atoms with Gasteiger partial charge in [-0.2, -0.15) is 0 Å². The first-order valence-electron chi connectivity index (χ1n) is 9.24. The van der Waals surface area contributed by atoms with Crippen LogP contribution in [0.15, 0.2) is 54.6 Å². The van der Waals surface area contributed by atoms with E-state index in [0.29, 0.717) is 0 Å². The van der Waals surface area contributed by atoms with Gasteiger partial charge >= 0.3 is 0 Å². The summed E-state index contributed by atoms with van der Waals surface area (Å²) in [4.78, 5) is 8.96. The van der Waals surface area contributed by atoms with E-state index in [0.717, 1.165) is 48.3 Å². The Morgan fingerprint density at radius 1 is 0.889 bits per heavy atom. The lowest BCUT2D eigenvalue weighted by atomic mass is 10.1. The van der Waals surface area contributed by atoms with Crippen LogP contribution in [-0.4, -0.2) is 23.6 Å². The van der Waals surface area contributed by atoms with Crippen molar-refractivity contribution in [2.24, 2.45) is 0 Å². The van der Waals surface area contributed by atoms with Crippen LogP contribution in [-0.2, 0) is 12.8 Å². The fourth-order valence-corrected chi connectivity index (χ4v) is 2.82. The Hall–Kier alpha value is -3.08. The number of ether oxygens (including phenoxy) is 1. The minimum Gasteiger partial charge on any atom is -0.497 e. The molecule has 5 nitrogen and oxygen atoms in total. The van der Waals surface area contributed by atoms with Crippen molar-refractivity contribution in [3.8, 4) is 5.75 Å². The van der Waals surface area contributed by atoms with Gasteiger partial charge in [-0.3, -0.25) is 0 Å². The number of anilines is 3. The number of rotatable bonds is 8. The molecule has 0 aliphatic carbocycles. The number of hydrogen-bond acceptors (Lipinski definition) is 5. The monoisotopic (exact) mass is 362 g/mol. The van der Waals surface area contributed by atoms with Crippen molar-refractivity contribution >= 4 is 17.3 Å². The first-order chi connectivity index (χ1) is 13.2.